The minimum Gasteiger partial charge on any atom is -0.388 e. The number of halogens is 1. The van der Waals surface area contributed by atoms with Crippen LogP contribution in [0, 0.1) is 5.82 Å². The largest absolute Gasteiger partial charge is 0.388 e. The second kappa shape index (κ2) is 8.52. The number of pyridine rings is 1. The fourth-order valence-corrected chi connectivity index (χ4v) is 3.68. The van der Waals surface area contributed by atoms with Crippen LogP contribution in [0.2, 0.25) is 0 Å². The predicted octanol–water partition coefficient (Wildman–Crippen LogP) is 4.82. The number of fused-ring (bicyclic) bond motifs is 1. The molecular formula is C20H23FN2OS. The molecule has 2 atom stereocenters. The zero-order valence-corrected chi connectivity index (χ0v) is 15.1. The molecule has 1 aromatic carbocycles. The second-order valence-corrected chi connectivity index (χ2v) is 7.20. The van der Waals surface area contributed by atoms with Gasteiger partial charge in [0, 0.05) is 41.3 Å². The molecule has 0 bridgehead atoms. The summed E-state index contributed by atoms with van der Waals surface area (Å²) in [6, 6.07) is 8.75. The average Bonchev–Trinajstić information content (AvgIpc) is 3.06. The van der Waals surface area contributed by atoms with Crippen molar-refractivity contribution in [2.24, 2.45) is 0 Å². The highest BCUT2D eigenvalue weighted by molar-refractivity contribution is 7.08. The lowest BCUT2D eigenvalue weighted by molar-refractivity contribution is 0.158. The highest BCUT2D eigenvalue weighted by Gasteiger charge is 2.14. The lowest BCUT2D eigenvalue weighted by Gasteiger charge is -2.15. The van der Waals surface area contributed by atoms with Gasteiger partial charge in [0.1, 0.15) is 5.82 Å². The molecule has 25 heavy (non-hydrogen) atoms. The van der Waals surface area contributed by atoms with Gasteiger partial charge in [-0.25, -0.2) is 4.39 Å². The number of aliphatic hydroxyl groups is 1. The van der Waals surface area contributed by atoms with E-state index in [0.717, 1.165) is 24.8 Å². The number of benzene rings is 1. The number of aliphatic hydroxyl groups excluding tert-OH is 1. The minimum absolute atomic E-state index is 0.296. The SMILES string of the molecule is C[C@H](CCCC(O)c1cscc1F)NCc1ccc2cnccc2c1. The van der Waals surface area contributed by atoms with Gasteiger partial charge in [0.25, 0.3) is 0 Å². The van der Waals surface area contributed by atoms with Gasteiger partial charge in [-0.05, 0) is 54.6 Å². The zero-order valence-electron chi connectivity index (χ0n) is 14.3. The molecule has 5 heteroatoms. The molecule has 0 amide bonds. The van der Waals surface area contributed by atoms with E-state index < -0.39 is 6.10 Å². The lowest BCUT2D eigenvalue weighted by Crippen LogP contribution is -2.25. The summed E-state index contributed by atoms with van der Waals surface area (Å²) < 4.78 is 13.4. The molecule has 2 N–H and O–H groups in total. The topological polar surface area (TPSA) is 45.1 Å². The van der Waals surface area contributed by atoms with Crippen molar-refractivity contribution in [2.75, 3.05) is 0 Å². The first-order valence-electron chi connectivity index (χ1n) is 8.59. The van der Waals surface area contributed by atoms with Crippen LogP contribution in [0.4, 0.5) is 4.39 Å². The molecular weight excluding hydrogens is 335 g/mol. The van der Waals surface area contributed by atoms with Crippen LogP contribution in [0.25, 0.3) is 10.8 Å². The highest BCUT2D eigenvalue weighted by atomic mass is 32.1. The van der Waals surface area contributed by atoms with Crippen molar-refractivity contribution >= 4 is 22.1 Å². The molecule has 0 aliphatic carbocycles. The van der Waals surface area contributed by atoms with Crippen LogP contribution in [0.1, 0.15) is 43.4 Å². The summed E-state index contributed by atoms with van der Waals surface area (Å²) in [7, 11) is 0. The normalized spacial score (nSPS) is 13.9. The number of hydrogen-bond acceptors (Lipinski definition) is 4. The summed E-state index contributed by atoms with van der Waals surface area (Å²) in [5.41, 5.74) is 1.67. The Labute approximate surface area is 151 Å². The van der Waals surface area contributed by atoms with Crippen molar-refractivity contribution in [2.45, 2.75) is 44.9 Å². The third kappa shape index (κ3) is 4.84. The molecule has 3 aromatic rings. The zero-order chi connectivity index (χ0) is 17.6. The van der Waals surface area contributed by atoms with Crippen LogP contribution >= 0.6 is 11.3 Å². The van der Waals surface area contributed by atoms with E-state index in [-0.39, 0.29) is 5.82 Å². The van der Waals surface area contributed by atoms with Crippen LogP contribution in [-0.4, -0.2) is 16.1 Å². The maximum atomic E-state index is 13.4. The maximum absolute atomic E-state index is 13.4. The van der Waals surface area contributed by atoms with E-state index in [1.165, 1.54) is 27.7 Å². The molecule has 0 aliphatic rings. The highest BCUT2D eigenvalue weighted by Crippen LogP contribution is 2.25. The van der Waals surface area contributed by atoms with Gasteiger partial charge < -0.3 is 10.4 Å². The van der Waals surface area contributed by atoms with Crippen molar-refractivity contribution in [1.29, 1.82) is 0 Å². The van der Waals surface area contributed by atoms with Crippen molar-refractivity contribution in [1.82, 2.24) is 10.3 Å². The Kier molecular flexibility index (Phi) is 6.13. The van der Waals surface area contributed by atoms with Crippen molar-refractivity contribution in [3.63, 3.8) is 0 Å². The van der Waals surface area contributed by atoms with Gasteiger partial charge in [0.05, 0.1) is 6.10 Å². The molecule has 1 unspecified atom stereocenters. The van der Waals surface area contributed by atoms with Crippen molar-refractivity contribution in [3.8, 4) is 0 Å². The Hall–Kier alpha value is -1.82. The lowest BCUT2D eigenvalue weighted by atomic mass is 10.0. The van der Waals surface area contributed by atoms with Gasteiger partial charge in [0.2, 0.25) is 0 Å². The van der Waals surface area contributed by atoms with E-state index in [9.17, 15) is 9.50 Å². The van der Waals surface area contributed by atoms with E-state index in [1.807, 2.05) is 18.5 Å². The molecule has 2 aromatic heterocycles. The number of nitrogens with one attached hydrogen (secondary N) is 1. The number of nitrogens with zero attached hydrogens (tertiary/aromatic N) is 1. The summed E-state index contributed by atoms with van der Waals surface area (Å²) in [6.07, 6.45) is 5.37. The third-order valence-electron chi connectivity index (χ3n) is 4.48. The van der Waals surface area contributed by atoms with E-state index in [1.54, 1.807) is 5.38 Å². The molecule has 0 fully saturated rings. The number of thiophene rings is 1. The molecule has 0 aliphatic heterocycles. The van der Waals surface area contributed by atoms with Crippen LogP contribution in [0.15, 0.2) is 47.4 Å². The summed E-state index contributed by atoms with van der Waals surface area (Å²) >= 11 is 1.29. The van der Waals surface area contributed by atoms with Gasteiger partial charge in [-0.1, -0.05) is 12.1 Å². The Morgan fingerprint density at radius 2 is 2.08 bits per heavy atom. The summed E-state index contributed by atoms with van der Waals surface area (Å²) in [5.74, 6) is -0.296. The maximum Gasteiger partial charge on any atom is 0.139 e. The average molecular weight is 358 g/mol. The molecule has 0 spiro atoms. The second-order valence-electron chi connectivity index (χ2n) is 6.46. The van der Waals surface area contributed by atoms with Gasteiger partial charge in [-0.2, -0.15) is 0 Å². The minimum atomic E-state index is -0.701. The van der Waals surface area contributed by atoms with Crippen LogP contribution in [-0.2, 0) is 6.54 Å². The van der Waals surface area contributed by atoms with Crippen LogP contribution in [0.3, 0.4) is 0 Å². The Morgan fingerprint density at radius 3 is 2.88 bits per heavy atom. The summed E-state index contributed by atoms with van der Waals surface area (Å²) in [5, 5.41) is 19.0. The monoisotopic (exact) mass is 358 g/mol. The number of rotatable bonds is 8. The third-order valence-corrected chi connectivity index (χ3v) is 5.21. The van der Waals surface area contributed by atoms with Crippen molar-refractivity contribution in [3.05, 3.63) is 64.4 Å². The fraction of sp³-hybridized carbons (Fsp3) is 0.350. The van der Waals surface area contributed by atoms with Crippen LogP contribution in [0.5, 0.6) is 0 Å². The van der Waals surface area contributed by atoms with Gasteiger partial charge in [-0.3, -0.25) is 4.98 Å². The van der Waals surface area contributed by atoms with E-state index in [4.69, 9.17) is 0 Å². The van der Waals surface area contributed by atoms with Crippen molar-refractivity contribution < 1.29 is 9.50 Å². The quantitative estimate of drug-likeness (QED) is 0.607. The fourth-order valence-electron chi connectivity index (χ4n) is 2.94. The Morgan fingerprint density at radius 1 is 1.20 bits per heavy atom. The number of hydrogen-bond donors (Lipinski definition) is 2. The predicted molar refractivity (Wildman–Crippen MR) is 101 cm³/mol. The first-order chi connectivity index (χ1) is 12.1. The molecule has 2 heterocycles. The molecule has 0 radical (unpaired) electrons. The van der Waals surface area contributed by atoms with Crippen LogP contribution < -0.4 is 5.32 Å². The first-order valence-corrected chi connectivity index (χ1v) is 9.53. The standard InChI is InChI=1S/C20H23FN2OS/c1-14(3-2-4-20(24)18-12-25-13-19(18)21)23-10-15-5-6-17-11-22-8-7-16(17)9-15/h5-9,11-14,20,23-24H,2-4,10H2,1H3/t14-,20?/m1/s1. The molecule has 0 saturated heterocycles. The van der Waals surface area contributed by atoms with Gasteiger partial charge in [-0.15, -0.1) is 11.3 Å². The molecule has 3 nitrogen and oxygen atoms in total. The number of aromatic nitrogens is 1. The summed E-state index contributed by atoms with van der Waals surface area (Å²) in [4.78, 5) is 4.13. The first kappa shape index (κ1) is 18.0. The molecule has 3 rings (SSSR count). The molecule has 132 valence electrons. The van der Waals surface area contributed by atoms with E-state index in [2.05, 4.69) is 35.4 Å². The Bertz CT molecular complexity index is 820. The summed E-state index contributed by atoms with van der Waals surface area (Å²) in [6.45, 7) is 2.95. The Balaban J connectivity index is 1.43. The van der Waals surface area contributed by atoms with Gasteiger partial charge in [0.15, 0.2) is 0 Å². The van der Waals surface area contributed by atoms with E-state index >= 15 is 0 Å². The van der Waals surface area contributed by atoms with E-state index in [0.29, 0.717) is 18.0 Å². The molecule has 0 saturated carbocycles. The van der Waals surface area contributed by atoms with Gasteiger partial charge >= 0.3 is 0 Å². The smallest absolute Gasteiger partial charge is 0.139 e.